The molecule has 0 saturated carbocycles. The van der Waals surface area contributed by atoms with Gasteiger partial charge in [-0.3, -0.25) is 14.2 Å². The summed E-state index contributed by atoms with van der Waals surface area (Å²) in [4.78, 5) is 35.3. The molecule has 0 aliphatic carbocycles. The summed E-state index contributed by atoms with van der Waals surface area (Å²) in [6.07, 6.45) is 1.77. The standard InChI is InChI=1S/C36H35BrN4O6S/c1-7-40(8-2)35(43)31-21(3)39-36-41(32(31)26-18-25(44-4)13-14-28(26)45-5)34(42)30(48-36)17-24-15-27(37)33(29(16-24)46-6)47-20-23-11-9-22(19-38)10-12-23/h9-18,32H,7-8,20H2,1-6H3/b30-17-/t32-/m1/s1. The number of methoxy groups -OCH3 is 3. The average Bonchev–Trinajstić information content (AvgIpc) is 3.40. The van der Waals surface area contributed by atoms with Gasteiger partial charge in [0, 0.05) is 18.7 Å². The summed E-state index contributed by atoms with van der Waals surface area (Å²) in [5.74, 6) is 1.85. The number of likely N-dealkylation sites (N-methyl/N-ethyl adjacent to an activating group) is 1. The molecule has 1 aliphatic heterocycles. The molecule has 48 heavy (non-hydrogen) atoms. The molecule has 5 rings (SSSR count). The van der Waals surface area contributed by atoms with Crippen molar-refractivity contribution in [2.24, 2.45) is 4.99 Å². The van der Waals surface area contributed by atoms with E-state index >= 15 is 0 Å². The van der Waals surface area contributed by atoms with E-state index < -0.39 is 6.04 Å². The molecule has 0 bridgehead atoms. The second-order valence-corrected chi connectivity index (χ2v) is 12.7. The number of rotatable bonds is 11. The van der Waals surface area contributed by atoms with Crippen molar-refractivity contribution in [3.05, 3.63) is 112 Å². The molecule has 248 valence electrons. The van der Waals surface area contributed by atoms with Gasteiger partial charge in [0.15, 0.2) is 16.3 Å². The highest BCUT2D eigenvalue weighted by atomic mass is 79.9. The minimum absolute atomic E-state index is 0.198. The largest absolute Gasteiger partial charge is 0.497 e. The SMILES string of the molecule is CCN(CC)C(=O)C1=C(C)N=c2s/c(=C\c3cc(Br)c(OCc4ccc(C#N)cc4)c(OC)c3)c(=O)n2[C@@H]1c1cc(OC)ccc1OC. The monoisotopic (exact) mass is 730 g/mol. The van der Waals surface area contributed by atoms with Gasteiger partial charge in [0.2, 0.25) is 0 Å². The molecule has 0 unspecified atom stereocenters. The Hall–Kier alpha value is -4.86. The smallest absolute Gasteiger partial charge is 0.271 e. The minimum atomic E-state index is -0.805. The second-order valence-electron chi connectivity index (χ2n) is 10.8. The van der Waals surface area contributed by atoms with E-state index in [9.17, 15) is 9.59 Å². The summed E-state index contributed by atoms with van der Waals surface area (Å²) in [5.41, 5.74) is 3.40. The van der Waals surface area contributed by atoms with Crippen molar-refractivity contribution in [2.75, 3.05) is 34.4 Å². The van der Waals surface area contributed by atoms with Crippen LogP contribution in [0, 0.1) is 11.3 Å². The fraction of sp³-hybridized carbons (Fsp3) is 0.278. The van der Waals surface area contributed by atoms with E-state index in [1.54, 1.807) is 80.2 Å². The number of amides is 1. The zero-order chi connectivity index (χ0) is 34.5. The van der Waals surface area contributed by atoms with E-state index in [2.05, 4.69) is 22.0 Å². The van der Waals surface area contributed by atoms with Crippen molar-refractivity contribution in [2.45, 2.75) is 33.4 Å². The first-order chi connectivity index (χ1) is 23.2. The van der Waals surface area contributed by atoms with Crippen LogP contribution >= 0.6 is 27.3 Å². The van der Waals surface area contributed by atoms with Gasteiger partial charge in [-0.25, -0.2) is 4.99 Å². The zero-order valence-corrected chi connectivity index (χ0v) is 29.9. The number of hydrogen-bond acceptors (Lipinski definition) is 9. The van der Waals surface area contributed by atoms with Gasteiger partial charge >= 0.3 is 0 Å². The normalized spacial score (nSPS) is 14.1. The van der Waals surface area contributed by atoms with Crippen LogP contribution in [0.15, 0.2) is 80.1 Å². The summed E-state index contributed by atoms with van der Waals surface area (Å²) in [6, 6.07) is 17.4. The van der Waals surface area contributed by atoms with Gasteiger partial charge in [0.05, 0.1) is 53.2 Å². The third-order valence-corrected chi connectivity index (χ3v) is 9.62. The highest BCUT2D eigenvalue weighted by Crippen LogP contribution is 2.39. The molecule has 0 N–H and O–H groups in total. The summed E-state index contributed by atoms with van der Waals surface area (Å²) in [5, 5.41) is 9.07. The highest BCUT2D eigenvalue weighted by molar-refractivity contribution is 9.10. The molecular formula is C36H35BrN4O6S. The van der Waals surface area contributed by atoms with Crippen molar-refractivity contribution in [1.29, 1.82) is 5.26 Å². The summed E-state index contributed by atoms with van der Waals surface area (Å²) in [6.45, 7) is 6.91. The number of hydrogen-bond donors (Lipinski definition) is 0. The van der Waals surface area contributed by atoms with Crippen LogP contribution in [0.1, 0.15) is 49.1 Å². The Bertz CT molecular complexity index is 2110. The molecule has 4 aromatic rings. The Morgan fingerprint density at radius 3 is 2.38 bits per heavy atom. The number of allylic oxidation sites excluding steroid dienone is 1. The number of fused-ring (bicyclic) bond motifs is 1. The van der Waals surface area contributed by atoms with Crippen LogP contribution in [0.2, 0.25) is 0 Å². The summed E-state index contributed by atoms with van der Waals surface area (Å²) >= 11 is 4.85. The van der Waals surface area contributed by atoms with Gasteiger partial charge < -0.3 is 23.8 Å². The van der Waals surface area contributed by atoms with Crippen LogP contribution < -0.4 is 33.8 Å². The Labute approximate surface area is 290 Å². The molecule has 0 saturated heterocycles. The second kappa shape index (κ2) is 14.9. The molecule has 1 aliphatic rings. The van der Waals surface area contributed by atoms with Gasteiger partial charge in [-0.15, -0.1) is 0 Å². The maximum absolute atomic E-state index is 14.3. The van der Waals surface area contributed by atoms with E-state index in [0.29, 0.717) is 77.9 Å². The lowest BCUT2D eigenvalue weighted by Gasteiger charge is -2.30. The molecular weight excluding hydrogens is 696 g/mol. The van der Waals surface area contributed by atoms with E-state index in [1.165, 1.54) is 11.3 Å². The number of halogens is 1. The molecule has 0 radical (unpaired) electrons. The number of nitrogens with zero attached hydrogens (tertiary/aromatic N) is 4. The number of aromatic nitrogens is 1. The molecule has 10 nitrogen and oxygen atoms in total. The zero-order valence-electron chi connectivity index (χ0n) is 27.5. The van der Waals surface area contributed by atoms with Crippen LogP contribution in [-0.4, -0.2) is 49.8 Å². The van der Waals surface area contributed by atoms with Crippen LogP contribution in [0.4, 0.5) is 0 Å². The first kappa shape index (κ1) is 34.5. The number of ether oxygens (including phenoxy) is 4. The van der Waals surface area contributed by atoms with E-state index in [-0.39, 0.29) is 18.1 Å². The predicted molar refractivity (Wildman–Crippen MR) is 187 cm³/mol. The summed E-state index contributed by atoms with van der Waals surface area (Å²) < 4.78 is 25.7. The van der Waals surface area contributed by atoms with Crippen LogP contribution in [-0.2, 0) is 11.4 Å². The Balaban J connectivity index is 1.62. The molecule has 3 aromatic carbocycles. The number of benzene rings is 3. The van der Waals surface area contributed by atoms with Crippen molar-refractivity contribution < 1.29 is 23.7 Å². The number of carbonyl (C=O) groups excluding carboxylic acids is 1. The first-order valence-electron chi connectivity index (χ1n) is 15.2. The predicted octanol–water partition coefficient (Wildman–Crippen LogP) is 5.34. The Morgan fingerprint density at radius 2 is 1.75 bits per heavy atom. The lowest BCUT2D eigenvalue weighted by molar-refractivity contribution is -0.127. The molecule has 2 heterocycles. The van der Waals surface area contributed by atoms with Gasteiger partial charge in [0.25, 0.3) is 11.5 Å². The third kappa shape index (κ3) is 6.74. The lowest BCUT2D eigenvalue weighted by atomic mass is 9.93. The van der Waals surface area contributed by atoms with Crippen LogP contribution in [0.5, 0.6) is 23.0 Å². The Kier molecular flexibility index (Phi) is 10.7. The quantitative estimate of drug-likeness (QED) is 0.205. The first-order valence-corrected chi connectivity index (χ1v) is 16.8. The van der Waals surface area contributed by atoms with E-state index in [0.717, 1.165) is 5.56 Å². The highest BCUT2D eigenvalue weighted by Gasteiger charge is 2.36. The number of thiazole rings is 1. The Morgan fingerprint density at radius 1 is 1.04 bits per heavy atom. The fourth-order valence-corrected chi connectivity index (χ4v) is 7.19. The van der Waals surface area contributed by atoms with Crippen molar-refractivity contribution in [1.82, 2.24) is 9.47 Å². The maximum atomic E-state index is 14.3. The molecule has 0 fully saturated rings. The maximum Gasteiger partial charge on any atom is 0.271 e. The molecule has 0 spiro atoms. The van der Waals surface area contributed by atoms with Gasteiger partial charge in [-0.1, -0.05) is 23.5 Å². The van der Waals surface area contributed by atoms with Crippen LogP contribution in [0.25, 0.3) is 6.08 Å². The van der Waals surface area contributed by atoms with Gasteiger partial charge in [-0.05, 0) is 96.4 Å². The third-order valence-electron chi connectivity index (χ3n) is 8.05. The summed E-state index contributed by atoms with van der Waals surface area (Å²) in [7, 11) is 4.67. The molecule has 1 atom stereocenters. The molecule has 12 heteroatoms. The van der Waals surface area contributed by atoms with Crippen molar-refractivity contribution in [3.63, 3.8) is 0 Å². The van der Waals surface area contributed by atoms with Gasteiger partial charge in [-0.2, -0.15) is 5.26 Å². The topological polar surface area (TPSA) is 115 Å². The molecule has 1 aromatic heterocycles. The average molecular weight is 732 g/mol. The molecule has 1 amide bonds. The van der Waals surface area contributed by atoms with E-state index in [4.69, 9.17) is 29.2 Å². The van der Waals surface area contributed by atoms with Crippen molar-refractivity contribution >= 4 is 39.2 Å². The lowest BCUT2D eigenvalue weighted by Crippen LogP contribution is -2.43. The fourth-order valence-electron chi connectivity index (χ4n) is 5.57. The van der Waals surface area contributed by atoms with Gasteiger partial charge in [0.1, 0.15) is 24.1 Å². The number of nitriles is 1. The van der Waals surface area contributed by atoms with Crippen molar-refractivity contribution in [3.8, 4) is 29.1 Å². The number of carbonyl (C=O) groups is 1. The minimum Gasteiger partial charge on any atom is -0.497 e. The van der Waals surface area contributed by atoms with E-state index in [1.807, 2.05) is 32.0 Å². The van der Waals surface area contributed by atoms with Crippen LogP contribution in [0.3, 0.4) is 0 Å².